The topological polar surface area (TPSA) is 3.24 Å². The molecule has 0 N–H and O–H groups in total. The van der Waals surface area contributed by atoms with Crippen molar-refractivity contribution in [1.82, 2.24) is 0 Å². The van der Waals surface area contributed by atoms with Crippen molar-refractivity contribution >= 4 is 11.4 Å². The number of hydrogen-bond donors (Lipinski definition) is 0. The Morgan fingerprint density at radius 3 is 2.23 bits per heavy atom. The van der Waals surface area contributed by atoms with Crippen LogP contribution in [0.1, 0.15) is 63.1 Å². The van der Waals surface area contributed by atoms with E-state index in [4.69, 9.17) is 0 Å². The van der Waals surface area contributed by atoms with Crippen molar-refractivity contribution in [2.45, 2.75) is 57.4 Å². The van der Waals surface area contributed by atoms with E-state index in [2.05, 4.69) is 124 Å². The number of hydrogen-bond acceptors (Lipinski definition) is 1. The zero-order chi connectivity index (χ0) is 23.9. The highest BCUT2D eigenvalue weighted by molar-refractivity contribution is 5.85. The highest BCUT2D eigenvalue weighted by Gasteiger charge is 2.54. The molecule has 35 heavy (non-hydrogen) atoms. The van der Waals surface area contributed by atoms with Crippen LogP contribution in [-0.4, -0.2) is 5.54 Å². The summed E-state index contributed by atoms with van der Waals surface area (Å²) in [5.41, 5.74) is 12.8. The van der Waals surface area contributed by atoms with Gasteiger partial charge in [-0.05, 0) is 95.0 Å². The van der Waals surface area contributed by atoms with Crippen molar-refractivity contribution in [2.24, 2.45) is 5.92 Å². The molecule has 0 bridgehead atoms. The standard InChI is InChI=1S/C34H33N/c1-22-18-19-34(4)32(22)28-20-23(15-17-31(28)35(34)25-10-6-5-7-11-25)24-14-16-27-26-12-8-9-13-29(26)33(2,3)30(27)21-24/h5-17,20-22,32H,18-19H2,1-4H3. The van der Waals surface area contributed by atoms with Crippen LogP contribution >= 0.6 is 0 Å². The van der Waals surface area contributed by atoms with Gasteiger partial charge in [0.2, 0.25) is 0 Å². The first kappa shape index (κ1) is 21.0. The summed E-state index contributed by atoms with van der Waals surface area (Å²) in [7, 11) is 0. The Bertz CT molecular complexity index is 1460. The number of rotatable bonds is 2. The molecule has 0 amide bonds. The second-order valence-corrected chi connectivity index (χ2v) is 11.7. The lowest BCUT2D eigenvalue weighted by atomic mass is 9.80. The normalized spacial score (nSPS) is 25.2. The van der Waals surface area contributed by atoms with E-state index in [1.54, 1.807) is 0 Å². The quantitative estimate of drug-likeness (QED) is 0.291. The third kappa shape index (κ3) is 2.76. The van der Waals surface area contributed by atoms with E-state index in [9.17, 15) is 0 Å². The minimum absolute atomic E-state index is 0.0291. The maximum absolute atomic E-state index is 2.64. The summed E-state index contributed by atoms with van der Waals surface area (Å²) in [4.78, 5) is 2.64. The van der Waals surface area contributed by atoms with Gasteiger partial charge in [0.15, 0.2) is 0 Å². The molecule has 0 aromatic heterocycles. The average molecular weight is 456 g/mol. The fraction of sp³-hybridized carbons (Fsp3) is 0.294. The predicted octanol–water partition coefficient (Wildman–Crippen LogP) is 9.08. The molecule has 174 valence electrons. The van der Waals surface area contributed by atoms with E-state index in [0.717, 1.165) is 0 Å². The van der Waals surface area contributed by atoms with Gasteiger partial charge in [-0.25, -0.2) is 0 Å². The summed E-state index contributed by atoms with van der Waals surface area (Å²) in [6.07, 6.45) is 2.53. The zero-order valence-electron chi connectivity index (χ0n) is 21.2. The number of benzene rings is 4. The Labute approximate surface area is 209 Å². The molecule has 3 aliphatic rings. The van der Waals surface area contributed by atoms with Crippen LogP contribution in [0.15, 0.2) is 91.0 Å². The second-order valence-electron chi connectivity index (χ2n) is 11.7. The van der Waals surface area contributed by atoms with Crippen molar-refractivity contribution in [1.29, 1.82) is 0 Å². The van der Waals surface area contributed by atoms with Crippen LogP contribution < -0.4 is 4.90 Å². The molecule has 2 aliphatic carbocycles. The van der Waals surface area contributed by atoms with Crippen molar-refractivity contribution in [3.8, 4) is 22.3 Å². The lowest BCUT2D eigenvalue weighted by Crippen LogP contribution is -2.40. The van der Waals surface area contributed by atoms with Crippen molar-refractivity contribution in [3.05, 3.63) is 108 Å². The highest BCUT2D eigenvalue weighted by Crippen LogP contribution is 2.61. The number of fused-ring (bicyclic) bond motifs is 6. The van der Waals surface area contributed by atoms with E-state index in [-0.39, 0.29) is 11.0 Å². The number of nitrogens with zero attached hydrogens (tertiary/aromatic N) is 1. The predicted molar refractivity (Wildman–Crippen MR) is 148 cm³/mol. The summed E-state index contributed by atoms with van der Waals surface area (Å²) in [6.45, 7) is 9.68. The maximum atomic E-state index is 2.64. The van der Waals surface area contributed by atoms with Gasteiger partial charge in [-0.2, -0.15) is 0 Å². The van der Waals surface area contributed by atoms with Gasteiger partial charge in [0.1, 0.15) is 0 Å². The first-order valence-corrected chi connectivity index (χ1v) is 13.1. The van der Waals surface area contributed by atoms with Crippen LogP contribution in [0.2, 0.25) is 0 Å². The van der Waals surface area contributed by atoms with Crippen LogP contribution in [0.5, 0.6) is 0 Å². The minimum Gasteiger partial charge on any atom is -0.335 e. The summed E-state index contributed by atoms with van der Waals surface area (Å²) in [6, 6.07) is 34.3. The average Bonchev–Trinajstić information content (AvgIpc) is 3.41. The first-order chi connectivity index (χ1) is 16.9. The van der Waals surface area contributed by atoms with Crippen LogP contribution in [-0.2, 0) is 5.41 Å². The van der Waals surface area contributed by atoms with Crippen LogP contribution in [0.3, 0.4) is 0 Å². The Balaban J connectivity index is 1.36. The molecular formula is C34H33N. The van der Waals surface area contributed by atoms with E-state index >= 15 is 0 Å². The summed E-state index contributed by atoms with van der Waals surface area (Å²) in [5.74, 6) is 1.25. The monoisotopic (exact) mass is 455 g/mol. The molecule has 1 nitrogen and oxygen atoms in total. The molecule has 1 heterocycles. The number of anilines is 2. The van der Waals surface area contributed by atoms with Gasteiger partial charge >= 0.3 is 0 Å². The molecule has 7 rings (SSSR count). The molecule has 1 saturated carbocycles. The van der Waals surface area contributed by atoms with Gasteiger partial charge in [-0.15, -0.1) is 0 Å². The molecular weight excluding hydrogens is 422 g/mol. The van der Waals surface area contributed by atoms with Crippen LogP contribution in [0.4, 0.5) is 11.4 Å². The third-order valence-corrected chi connectivity index (χ3v) is 9.39. The first-order valence-electron chi connectivity index (χ1n) is 13.1. The summed E-state index contributed by atoms with van der Waals surface area (Å²) in [5, 5.41) is 0. The van der Waals surface area contributed by atoms with Crippen molar-refractivity contribution < 1.29 is 0 Å². The smallest absolute Gasteiger partial charge is 0.0495 e. The van der Waals surface area contributed by atoms with Crippen molar-refractivity contribution in [3.63, 3.8) is 0 Å². The Kier molecular flexibility index (Phi) is 4.26. The summed E-state index contributed by atoms with van der Waals surface area (Å²) >= 11 is 0. The second kappa shape index (κ2) is 7.10. The summed E-state index contributed by atoms with van der Waals surface area (Å²) < 4.78 is 0. The fourth-order valence-corrected chi connectivity index (χ4v) is 7.70. The Morgan fingerprint density at radius 1 is 0.714 bits per heavy atom. The third-order valence-electron chi connectivity index (χ3n) is 9.39. The highest BCUT2D eigenvalue weighted by atomic mass is 15.2. The van der Waals surface area contributed by atoms with Crippen LogP contribution in [0, 0.1) is 5.92 Å². The SMILES string of the molecule is CC1CCC2(C)C1c1cc(-c3ccc4c(c3)C(C)(C)c3ccccc3-4)ccc1N2c1ccccc1. The van der Waals surface area contributed by atoms with Crippen molar-refractivity contribution in [2.75, 3.05) is 4.90 Å². The molecule has 1 heteroatoms. The van der Waals surface area contributed by atoms with Gasteiger partial charge < -0.3 is 4.90 Å². The molecule has 3 atom stereocenters. The van der Waals surface area contributed by atoms with E-state index in [1.165, 1.54) is 63.2 Å². The molecule has 0 radical (unpaired) electrons. The van der Waals surface area contributed by atoms with E-state index in [1.807, 2.05) is 0 Å². The molecule has 4 aromatic carbocycles. The molecule has 1 fully saturated rings. The molecule has 3 unspecified atom stereocenters. The lowest BCUT2D eigenvalue weighted by molar-refractivity contribution is 0.414. The Hall–Kier alpha value is -3.32. The largest absolute Gasteiger partial charge is 0.335 e. The van der Waals surface area contributed by atoms with Gasteiger partial charge in [-0.1, -0.05) is 81.4 Å². The van der Waals surface area contributed by atoms with Gasteiger partial charge in [0, 0.05) is 28.2 Å². The zero-order valence-corrected chi connectivity index (χ0v) is 21.2. The molecule has 0 spiro atoms. The molecule has 0 saturated heterocycles. The van der Waals surface area contributed by atoms with Gasteiger partial charge in [-0.3, -0.25) is 0 Å². The van der Waals surface area contributed by atoms with Crippen LogP contribution in [0.25, 0.3) is 22.3 Å². The van der Waals surface area contributed by atoms with E-state index < -0.39 is 0 Å². The fourth-order valence-electron chi connectivity index (χ4n) is 7.70. The van der Waals surface area contributed by atoms with Gasteiger partial charge in [0.25, 0.3) is 0 Å². The lowest BCUT2D eigenvalue weighted by Gasteiger charge is -2.38. The maximum Gasteiger partial charge on any atom is 0.0495 e. The van der Waals surface area contributed by atoms with E-state index in [0.29, 0.717) is 11.8 Å². The molecule has 1 aliphatic heterocycles. The Morgan fingerprint density at radius 2 is 1.40 bits per heavy atom. The minimum atomic E-state index is 0.0291. The van der Waals surface area contributed by atoms with Gasteiger partial charge in [0.05, 0.1) is 0 Å². The number of para-hydroxylation sites is 1. The molecule has 4 aromatic rings.